The molecule has 2 heterocycles. The number of para-hydroxylation sites is 1. The fourth-order valence-corrected chi connectivity index (χ4v) is 4.69. The van der Waals surface area contributed by atoms with E-state index in [1.807, 2.05) is 31.2 Å². The highest BCUT2D eigenvalue weighted by Gasteiger charge is 2.37. The number of likely N-dealkylation sites (tertiary alicyclic amines) is 1. The van der Waals surface area contributed by atoms with Crippen LogP contribution in [0.1, 0.15) is 30.4 Å². The van der Waals surface area contributed by atoms with E-state index in [2.05, 4.69) is 5.32 Å². The highest BCUT2D eigenvalue weighted by molar-refractivity contribution is 8.18. The third kappa shape index (κ3) is 6.30. The van der Waals surface area contributed by atoms with Crippen LogP contribution in [0.3, 0.4) is 0 Å². The van der Waals surface area contributed by atoms with Crippen molar-refractivity contribution in [2.75, 3.05) is 31.6 Å². The zero-order chi connectivity index (χ0) is 24.8. The van der Waals surface area contributed by atoms with Gasteiger partial charge >= 0.3 is 0 Å². The van der Waals surface area contributed by atoms with Crippen LogP contribution in [0.15, 0.2) is 53.4 Å². The van der Waals surface area contributed by atoms with Crippen LogP contribution in [-0.4, -0.2) is 59.0 Å². The molecule has 0 unspecified atom stereocenters. The number of hydrogen-bond acceptors (Lipinski definition) is 6. The molecule has 8 nitrogen and oxygen atoms in total. The zero-order valence-electron chi connectivity index (χ0n) is 19.5. The summed E-state index contributed by atoms with van der Waals surface area (Å²) in [4.78, 5) is 53.1. The third-order valence-electron chi connectivity index (χ3n) is 5.78. The Morgan fingerprint density at radius 1 is 1.03 bits per heavy atom. The molecule has 2 aromatic carbocycles. The number of benzene rings is 2. The molecule has 4 amide bonds. The number of piperidine rings is 1. The lowest BCUT2D eigenvalue weighted by atomic mass is 10.1. The average molecular weight is 494 g/mol. The summed E-state index contributed by atoms with van der Waals surface area (Å²) in [5, 5.41) is 2.30. The van der Waals surface area contributed by atoms with Gasteiger partial charge in [0.05, 0.1) is 4.91 Å². The Hall–Kier alpha value is -3.59. The predicted octanol–water partition coefficient (Wildman–Crippen LogP) is 4.06. The summed E-state index contributed by atoms with van der Waals surface area (Å²) < 4.78 is 5.70. The Bertz CT molecular complexity index is 1160. The van der Waals surface area contributed by atoms with Crippen molar-refractivity contribution in [2.24, 2.45) is 0 Å². The van der Waals surface area contributed by atoms with Gasteiger partial charge in [-0.05, 0) is 62.2 Å². The van der Waals surface area contributed by atoms with Gasteiger partial charge in [-0.3, -0.25) is 24.1 Å². The number of carbonyl (C=O) groups excluding carboxylic acids is 4. The number of nitrogens with one attached hydrogen (secondary N) is 1. The second-order valence-corrected chi connectivity index (χ2v) is 9.44. The number of nitrogens with zero attached hydrogens (tertiary/aromatic N) is 2. The van der Waals surface area contributed by atoms with E-state index >= 15 is 0 Å². The molecule has 182 valence electrons. The summed E-state index contributed by atoms with van der Waals surface area (Å²) in [7, 11) is 0. The molecule has 0 radical (unpaired) electrons. The van der Waals surface area contributed by atoms with Gasteiger partial charge in [-0.15, -0.1) is 0 Å². The maximum atomic E-state index is 12.9. The number of aryl methyl sites for hydroxylation is 1. The molecule has 0 saturated carbocycles. The van der Waals surface area contributed by atoms with Crippen molar-refractivity contribution in [3.63, 3.8) is 0 Å². The Balaban J connectivity index is 1.39. The van der Waals surface area contributed by atoms with Crippen LogP contribution >= 0.6 is 11.8 Å². The van der Waals surface area contributed by atoms with Gasteiger partial charge in [0.25, 0.3) is 17.1 Å². The molecule has 2 saturated heterocycles. The highest BCUT2D eigenvalue weighted by atomic mass is 32.2. The van der Waals surface area contributed by atoms with Crippen LogP contribution in [0.5, 0.6) is 5.75 Å². The lowest BCUT2D eigenvalue weighted by Crippen LogP contribution is -2.44. The maximum absolute atomic E-state index is 12.9. The molecule has 0 bridgehead atoms. The molecule has 35 heavy (non-hydrogen) atoms. The van der Waals surface area contributed by atoms with Gasteiger partial charge in [-0.1, -0.05) is 35.9 Å². The van der Waals surface area contributed by atoms with E-state index in [-0.39, 0.29) is 29.9 Å². The van der Waals surface area contributed by atoms with Crippen LogP contribution in [0.25, 0.3) is 6.08 Å². The fraction of sp³-hybridized carbons (Fsp3) is 0.308. The molecular formula is C26H27N3O5S. The van der Waals surface area contributed by atoms with Gasteiger partial charge < -0.3 is 15.0 Å². The summed E-state index contributed by atoms with van der Waals surface area (Å²) in [6.45, 7) is 2.82. The summed E-state index contributed by atoms with van der Waals surface area (Å²) in [5.41, 5.74) is 2.32. The summed E-state index contributed by atoms with van der Waals surface area (Å²) >= 11 is 0.794. The predicted molar refractivity (Wildman–Crippen MR) is 135 cm³/mol. The largest absolute Gasteiger partial charge is 0.483 e. The second kappa shape index (κ2) is 11.2. The molecule has 4 rings (SSSR count). The standard InChI is InChI=1S/C26H27N3O5S/c1-18-9-11-20(12-10-18)27-23(30)17-34-21-8-4-3-7-19(21)15-22-25(32)29(26(33)35-22)16-24(31)28-13-5-2-6-14-28/h3-4,7-12,15H,2,5-6,13-14,16-17H2,1H3,(H,27,30). The van der Waals surface area contributed by atoms with E-state index in [1.54, 1.807) is 35.2 Å². The second-order valence-electron chi connectivity index (χ2n) is 8.45. The van der Waals surface area contributed by atoms with Crippen LogP contribution in [0, 0.1) is 6.92 Å². The topological polar surface area (TPSA) is 96.0 Å². The lowest BCUT2D eigenvalue weighted by molar-refractivity contribution is -0.136. The third-order valence-corrected chi connectivity index (χ3v) is 6.68. The van der Waals surface area contributed by atoms with Crippen molar-refractivity contribution < 1.29 is 23.9 Å². The molecule has 0 aromatic heterocycles. The molecular weight excluding hydrogens is 466 g/mol. The van der Waals surface area contributed by atoms with Gasteiger partial charge in [0.15, 0.2) is 6.61 Å². The number of amides is 4. The number of hydrogen-bond donors (Lipinski definition) is 1. The molecule has 2 fully saturated rings. The van der Waals surface area contributed by atoms with Gasteiger partial charge in [0.1, 0.15) is 12.3 Å². The number of anilines is 1. The Morgan fingerprint density at radius 3 is 2.49 bits per heavy atom. The lowest BCUT2D eigenvalue weighted by Gasteiger charge is -2.27. The fourth-order valence-electron chi connectivity index (χ4n) is 3.86. The molecule has 0 spiro atoms. The van der Waals surface area contributed by atoms with E-state index in [0.717, 1.165) is 41.5 Å². The Morgan fingerprint density at radius 2 is 1.74 bits per heavy atom. The first kappa shape index (κ1) is 24.5. The first-order chi connectivity index (χ1) is 16.9. The highest BCUT2D eigenvalue weighted by Crippen LogP contribution is 2.34. The SMILES string of the molecule is Cc1ccc(NC(=O)COc2ccccc2C=C2SC(=O)N(CC(=O)N3CCCCC3)C2=O)cc1. The van der Waals surface area contributed by atoms with Crippen LogP contribution in [0.4, 0.5) is 10.5 Å². The van der Waals surface area contributed by atoms with E-state index in [0.29, 0.717) is 30.1 Å². The van der Waals surface area contributed by atoms with Crippen LogP contribution in [0.2, 0.25) is 0 Å². The smallest absolute Gasteiger partial charge is 0.294 e. The number of ether oxygens (including phenoxy) is 1. The van der Waals surface area contributed by atoms with Crippen molar-refractivity contribution in [1.29, 1.82) is 0 Å². The Kier molecular flexibility index (Phi) is 7.87. The zero-order valence-corrected chi connectivity index (χ0v) is 20.3. The minimum atomic E-state index is -0.503. The van der Waals surface area contributed by atoms with Gasteiger partial charge in [-0.2, -0.15) is 0 Å². The van der Waals surface area contributed by atoms with Crippen molar-refractivity contribution in [3.8, 4) is 5.75 Å². The van der Waals surface area contributed by atoms with Crippen molar-refractivity contribution in [2.45, 2.75) is 26.2 Å². The summed E-state index contributed by atoms with van der Waals surface area (Å²) in [6.07, 6.45) is 4.52. The number of thioether (sulfide) groups is 1. The number of rotatable bonds is 7. The minimum absolute atomic E-state index is 0.210. The average Bonchev–Trinajstić information content (AvgIpc) is 3.12. The molecule has 1 N–H and O–H groups in total. The molecule has 2 aromatic rings. The number of carbonyl (C=O) groups is 4. The molecule has 2 aliphatic heterocycles. The quantitative estimate of drug-likeness (QED) is 0.585. The van der Waals surface area contributed by atoms with Crippen molar-refractivity contribution >= 4 is 46.5 Å². The van der Waals surface area contributed by atoms with E-state index in [1.165, 1.54) is 0 Å². The normalized spacial score (nSPS) is 17.1. The molecule has 2 aliphatic rings. The number of imide groups is 1. The maximum Gasteiger partial charge on any atom is 0.294 e. The molecule has 0 atom stereocenters. The van der Waals surface area contributed by atoms with E-state index < -0.39 is 11.1 Å². The monoisotopic (exact) mass is 493 g/mol. The molecule has 0 aliphatic carbocycles. The van der Waals surface area contributed by atoms with Gasteiger partial charge in [0, 0.05) is 24.3 Å². The summed E-state index contributed by atoms with van der Waals surface area (Å²) in [5.74, 6) is -0.628. The van der Waals surface area contributed by atoms with Crippen LogP contribution in [-0.2, 0) is 14.4 Å². The first-order valence-electron chi connectivity index (χ1n) is 11.5. The van der Waals surface area contributed by atoms with Crippen LogP contribution < -0.4 is 10.1 Å². The van der Waals surface area contributed by atoms with Crippen molar-refractivity contribution in [1.82, 2.24) is 9.80 Å². The van der Waals surface area contributed by atoms with Gasteiger partial charge in [0.2, 0.25) is 5.91 Å². The minimum Gasteiger partial charge on any atom is -0.483 e. The van der Waals surface area contributed by atoms with E-state index in [9.17, 15) is 19.2 Å². The van der Waals surface area contributed by atoms with E-state index in [4.69, 9.17) is 4.74 Å². The summed E-state index contributed by atoms with van der Waals surface area (Å²) in [6, 6.07) is 14.4. The van der Waals surface area contributed by atoms with Crippen molar-refractivity contribution in [3.05, 3.63) is 64.6 Å². The Labute approximate surface area is 208 Å². The first-order valence-corrected chi connectivity index (χ1v) is 12.3. The molecule has 9 heteroatoms. The van der Waals surface area contributed by atoms with Gasteiger partial charge in [-0.25, -0.2) is 0 Å².